The van der Waals surface area contributed by atoms with Crippen LogP contribution in [0.4, 0.5) is 11.4 Å². The van der Waals surface area contributed by atoms with Gasteiger partial charge in [0.05, 0.1) is 22.0 Å². The Morgan fingerprint density at radius 3 is 2.65 bits per heavy atom. The number of nitrogens with one attached hydrogen (secondary N) is 1. The van der Waals surface area contributed by atoms with Crippen LogP contribution in [0.25, 0.3) is 0 Å². The third-order valence-electron chi connectivity index (χ3n) is 2.64. The molecule has 0 bridgehead atoms. The first-order valence-corrected chi connectivity index (χ1v) is 7.78. The number of anilines is 2. The molecule has 2 rings (SSSR count). The smallest absolute Gasteiger partial charge is 0.103 e. The predicted octanol–water partition coefficient (Wildman–Crippen LogP) is 5.72. The Labute approximate surface area is 132 Å². The van der Waals surface area contributed by atoms with Crippen molar-refractivity contribution in [1.29, 1.82) is 5.26 Å². The second-order valence-electron chi connectivity index (χ2n) is 3.97. The van der Waals surface area contributed by atoms with E-state index in [2.05, 4.69) is 18.3 Å². The van der Waals surface area contributed by atoms with Crippen molar-refractivity contribution in [3.8, 4) is 6.07 Å². The number of hydrogen-bond donors (Lipinski definition) is 1. The predicted molar refractivity (Wildman–Crippen MR) is 87.3 cm³/mol. The second-order valence-corrected chi connectivity index (χ2v) is 6.12. The van der Waals surface area contributed by atoms with Crippen LogP contribution >= 0.6 is 35.0 Å². The Balaban J connectivity index is 2.38. The molecule has 0 aliphatic heterocycles. The van der Waals surface area contributed by atoms with Crippen molar-refractivity contribution in [1.82, 2.24) is 0 Å². The molecule has 0 unspecified atom stereocenters. The zero-order valence-electron chi connectivity index (χ0n) is 10.8. The van der Waals surface area contributed by atoms with E-state index in [1.54, 1.807) is 30.0 Å². The van der Waals surface area contributed by atoms with Gasteiger partial charge in [0.2, 0.25) is 0 Å². The van der Waals surface area contributed by atoms with Gasteiger partial charge in [-0.2, -0.15) is 5.26 Å². The summed E-state index contributed by atoms with van der Waals surface area (Å²) >= 11 is 13.7. The van der Waals surface area contributed by atoms with E-state index in [1.165, 1.54) is 0 Å². The van der Waals surface area contributed by atoms with Gasteiger partial charge in [0.15, 0.2) is 0 Å². The molecule has 0 aliphatic carbocycles. The molecule has 0 fully saturated rings. The van der Waals surface area contributed by atoms with Crippen molar-refractivity contribution in [3.63, 3.8) is 0 Å². The molecule has 0 aliphatic rings. The number of nitriles is 1. The van der Waals surface area contributed by atoms with E-state index < -0.39 is 0 Å². The van der Waals surface area contributed by atoms with Crippen molar-refractivity contribution >= 4 is 46.3 Å². The van der Waals surface area contributed by atoms with Crippen LogP contribution in [0.2, 0.25) is 10.0 Å². The maximum atomic E-state index is 9.36. The lowest BCUT2D eigenvalue weighted by molar-refractivity contribution is 1.34. The molecule has 0 saturated carbocycles. The number of rotatable bonds is 4. The summed E-state index contributed by atoms with van der Waals surface area (Å²) in [5, 5.41) is 13.7. The van der Waals surface area contributed by atoms with Crippen LogP contribution < -0.4 is 5.32 Å². The minimum atomic E-state index is 0.523. The molecule has 0 amide bonds. The van der Waals surface area contributed by atoms with E-state index in [9.17, 15) is 5.26 Å². The van der Waals surface area contributed by atoms with Gasteiger partial charge in [-0.05, 0) is 36.1 Å². The van der Waals surface area contributed by atoms with Crippen molar-refractivity contribution in [2.24, 2.45) is 0 Å². The van der Waals surface area contributed by atoms with E-state index in [4.69, 9.17) is 23.2 Å². The molecule has 1 N–H and O–H groups in total. The topological polar surface area (TPSA) is 35.8 Å². The zero-order chi connectivity index (χ0) is 14.5. The summed E-state index contributed by atoms with van der Waals surface area (Å²) in [5.74, 6) is 0.917. The number of thioether (sulfide) groups is 1. The zero-order valence-corrected chi connectivity index (χ0v) is 13.1. The molecule has 20 heavy (non-hydrogen) atoms. The molecule has 0 atom stereocenters. The largest absolute Gasteiger partial charge is 0.353 e. The van der Waals surface area contributed by atoms with Crippen molar-refractivity contribution in [3.05, 3.63) is 52.0 Å². The van der Waals surface area contributed by atoms with Gasteiger partial charge >= 0.3 is 0 Å². The van der Waals surface area contributed by atoms with Crippen LogP contribution in [0.3, 0.4) is 0 Å². The lowest BCUT2D eigenvalue weighted by Crippen LogP contribution is -1.96. The minimum Gasteiger partial charge on any atom is -0.353 e. The highest BCUT2D eigenvalue weighted by molar-refractivity contribution is 7.99. The third-order valence-corrected chi connectivity index (χ3v) is 4.13. The van der Waals surface area contributed by atoms with Crippen LogP contribution in [-0.4, -0.2) is 5.75 Å². The number of nitrogens with zero attached hydrogens (tertiary/aromatic N) is 1. The highest BCUT2D eigenvalue weighted by Crippen LogP contribution is 2.33. The van der Waals surface area contributed by atoms with Gasteiger partial charge in [0.1, 0.15) is 6.07 Å². The highest BCUT2D eigenvalue weighted by atomic mass is 35.5. The second kappa shape index (κ2) is 6.90. The summed E-state index contributed by atoms with van der Waals surface area (Å²) in [4.78, 5) is 0.963. The van der Waals surface area contributed by atoms with E-state index >= 15 is 0 Å². The van der Waals surface area contributed by atoms with E-state index in [-0.39, 0.29) is 0 Å². The summed E-state index contributed by atoms with van der Waals surface area (Å²) in [6.45, 7) is 2.06. The van der Waals surface area contributed by atoms with Crippen LogP contribution in [0.5, 0.6) is 0 Å². The van der Waals surface area contributed by atoms with E-state index in [0.29, 0.717) is 15.6 Å². The first-order valence-electron chi connectivity index (χ1n) is 6.03. The number of hydrogen-bond acceptors (Lipinski definition) is 3. The lowest BCUT2D eigenvalue weighted by Gasteiger charge is -2.12. The Hall–Kier alpha value is -1.34. The molecule has 5 heteroatoms. The van der Waals surface area contributed by atoms with E-state index in [0.717, 1.165) is 22.0 Å². The molecule has 0 heterocycles. The van der Waals surface area contributed by atoms with Gasteiger partial charge in [0, 0.05) is 9.92 Å². The molecule has 0 radical (unpaired) electrons. The van der Waals surface area contributed by atoms with Gasteiger partial charge < -0.3 is 5.32 Å². The fourth-order valence-electron chi connectivity index (χ4n) is 1.76. The van der Waals surface area contributed by atoms with Gasteiger partial charge in [-0.15, -0.1) is 11.8 Å². The van der Waals surface area contributed by atoms with Crippen LogP contribution in [0, 0.1) is 11.3 Å². The van der Waals surface area contributed by atoms with Crippen LogP contribution in [-0.2, 0) is 0 Å². The van der Waals surface area contributed by atoms with Gasteiger partial charge in [-0.25, -0.2) is 0 Å². The molecule has 2 aromatic rings. The molecule has 0 saturated heterocycles. The lowest BCUT2D eigenvalue weighted by atomic mass is 10.2. The van der Waals surface area contributed by atoms with Crippen molar-refractivity contribution < 1.29 is 0 Å². The fraction of sp³-hybridized carbons (Fsp3) is 0.133. The molecule has 102 valence electrons. The average molecular weight is 323 g/mol. The van der Waals surface area contributed by atoms with Crippen LogP contribution in [0.1, 0.15) is 12.5 Å². The first-order chi connectivity index (χ1) is 9.65. The van der Waals surface area contributed by atoms with Gasteiger partial charge in [-0.3, -0.25) is 0 Å². The Bertz CT molecular complexity index is 665. The average Bonchev–Trinajstić information content (AvgIpc) is 2.42. The quantitative estimate of drug-likeness (QED) is 0.731. The summed E-state index contributed by atoms with van der Waals surface area (Å²) in [6.07, 6.45) is 0. The molecule has 2 aromatic carbocycles. The fourth-order valence-corrected chi connectivity index (χ4v) is 3.00. The Morgan fingerprint density at radius 2 is 2.00 bits per heavy atom. The third kappa shape index (κ3) is 3.40. The monoisotopic (exact) mass is 322 g/mol. The minimum absolute atomic E-state index is 0.523. The molecular formula is C15H12Cl2N2S. The summed E-state index contributed by atoms with van der Waals surface area (Å²) in [5.41, 5.74) is 2.10. The van der Waals surface area contributed by atoms with Crippen LogP contribution in [0.15, 0.2) is 41.3 Å². The van der Waals surface area contributed by atoms with Crippen molar-refractivity contribution in [2.75, 3.05) is 11.1 Å². The highest BCUT2D eigenvalue weighted by Gasteiger charge is 2.09. The summed E-state index contributed by atoms with van der Waals surface area (Å²) < 4.78 is 0. The molecule has 0 aromatic heterocycles. The Kier molecular flexibility index (Phi) is 5.19. The summed E-state index contributed by atoms with van der Waals surface area (Å²) in [7, 11) is 0. The van der Waals surface area contributed by atoms with E-state index in [1.807, 2.05) is 18.2 Å². The standard InChI is InChI=1S/C15H12Cl2N2S/c1-2-20-15-5-3-4-13(11(15)9-18)19-14-7-6-10(16)8-12(14)17/h3-8,19H,2H2,1H3. The summed E-state index contributed by atoms with van der Waals surface area (Å²) in [6, 6.07) is 13.2. The first kappa shape index (κ1) is 15.1. The maximum absolute atomic E-state index is 9.36. The van der Waals surface area contributed by atoms with Crippen molar-refractivity contribution in [2.45, 2.75) is 11.8 Å². The molecule has 2 nitrogen and oxygen atoms in total. The number of halogens is 2. The normalized spacial score (nSPS) is 10.1. The Morgan fingerprint density at radius 1 is 1.20 bits per heavy atom. The number of benzene rings is 2. The van der Waals surface area contributed by atoms with Gasteiger partial charge in [-0.1, -0.05) is 36.2 Å². The molecule has 0 spiro atoms. The maximum Gasteiger partial charge on any atom is 0.103 e. The molecular weight excluding hydrogens is 311 g/mol. The SMILES string of the molecule is CCSc1cccc(Nc2ccc(Cl)cc2Cl)c1C#N. The van der Waals surface area contributed by atoms with Gasteiger partial charge in [0.25, 0.3) is 0 Å².